The van der Waals surface area contributed by atoms with Gasteiger partial charge in [-0.3, -0.25) is 19.2 Å². The smallest absolute Gasteiger partial charge is 0.329 e. The van der Waals surface area contributed by atoms with Gasteiger partial charge >= 0.3 is 23.9 Å². The number of benzene rings is 2. The molecule has 0 radical (unpaired) electrons. The number of hydrogen-bond donors (Lipinski definition) is 2. The Balaban J connectivity index is 2.06. The Hall–Kier alpha value is -4.04. The van der Waals surface area contributed by atoms with Gasteiger partial charge in [-0.15, -0.1) is 0 Å². The normalized spacial score (nSPS) is 11.9. The van der Waals surface area contributed by atoms with Crippen molar-refractivity contribution in [3.63, 3.8) is 0 Å². The first-order valence-corrected chi connectivity index (χ1v) is 15.0. The summed E-state index contributed by atoms with van der Waals surface area (Å²) in [6.07, 6.45) is 0. The molecule has 2 aromatic carbocycles. The molecule has 0 unspecified atom stereocenters. The van der Waals surface area contributed by atoms with Gasteiger partial charge in [0.1, 0.15) is 23.6 Å². The van der Waals surface area contributed by atoms with Gasteiger partial charge in [-0.25, -0.2) is 9.59 Å². The van der Waals surface area contributed by atoms with Crippen molar-refractivity contribution < 1.29 is 47.7 Å². The van der Waals surface area contributed by atoms with E-state index in [0.29, 0.717) is 11.1 Å². The van der Waals surface area contributed by atoms with Crippen LogP contribution in [-0.4, -0.2) is 73.5 Å². The molecule has 0 aliphatic rings. The summed E-state index contributed by atoms with van der Waals surface area (Å²) in [6, 6.07) is 7.16. The second-order valence-electron chi connectivity index (χ2n) is 8.71. The van der Waals surface area contributed by atoms with Crippen LogP contribution in [0, 0.1) is 13.8 Å². The summed E-state index contributed by atoms with van der Waals surface area (Å²) in [6.45, 7) is 5.71. The van der Waals surface area contributed by atoms with Crippen LogP contribution in [0.5, 0.6) is 11.5 Å². The van der Waals surface area contributed by atoms with Crippen molar-refractivity contribution in [1.82, 2.24) is 10.6 Å². The summed E-state index contributed by atoms with van der Waals surface area (Å²) in [5.74, 6) is -3.03. The third-order valence-electron chi connectivity index (χ3n) is 5.70. The minimum atomic E-state index is -1.05. The molecule has 0 saturated carbocycles. The molecule has 42 heavy (non-hydrogen) atoms. The maximum Gasteiger partial charge on any atom is 0.329 e. The topological polar surface area (TPSA) is 163 Å². The number of nitrogens with one attached hydrogen (secondary N) is 2. The minimum absolute atomic E-state index is 0.0666. The van der Waals surface area contributed by atoms with E-state index in [1.54, 1.807) is 38.1 Å². The Bertz CT molecular complexity index is 1250. The number of esters is 4. The van der Waals surface area contributed by atoms with Crippen molar-refractivity contribution >= 4 is 57.3 Å². The molecule has 0 aliphatic carbocycles. The van der Waals surface area contributed by atoms with E-state index in [1.165, 1.54) is 40.2 Å². The Labute approximate surface area is 250 Å². The fraction of sp³-hybridized carbons (Fsp3) is 0.357. The predicted octanol–water partition coefficient (Wildman–Crippen LogP) is 2.78. The Morgan fingerprint density at radius 2 is 1.02 bits per heavy atom. The molecule has 226 valence electrons. The van der Waals surface area contributed by atoms with Gasteiger partial charge in [0.15, 0.2) is 0 Å². The standard InChI is InChI=1S/C28H32N2O10S2/c1-15-19(9-7-11-23(15)39-17(3)31)25(33)29-21(27(35)37-5)13-41-42-14-22(28(36)38-6)30-26(34)20-10-8-12-24(16(20)2)40-18(4)32/h7-12,21-22H,13-14H2,1-6H3,(H,29,33)(H,30,34)/t21-,22-/m0/s1. The van der Waals surface area contributed by atoms with Gasteiger partial charge in [0, 0.05) is 47.6 Å². The molecule has 0 aliphatic heterocycles. The summed E-state index contributed by atoms with van der Waals surface area (Å²) < 4.78 is 19.9. The van der Waals surface area contributed by atoms with Crippen molar-refractivity contribution in [2.75, 3.05) is 25.7 Å². The van der Waals surface area contributed by atoms with Crippen LogP contribution < -0.4 is 20.1 Å². The molecule has 2 aromatic rings. The van der Waals surface area contributed by atoms with Gasteiger partial charge in [0.2, 0.25) is 0 Å². The van der Waals surface area contributed by atoms with Crippen molar-refractivity contribution in [3.8, 4) is 11.5 Å². The fourth-order valence-electron chi connectivity index (χ4n) is 3.58. The highest BCUT2D eigenvalue weighted by Crippen LogP contribution is 2.26. The molecule has 12 nitrogen and oxygen atoms in total. The second kappa shape index (κ2) is 16.4. The number of ether oxygens (including phenoxy) is 4. The molecule has 2 rings (SSSR count). The zero-order valence-corrected chi connectivity index (χ0v) is 25.6. The molecule has 0 heterocycles. The number of carbonyl (C=O) groups excluding carboxylic acids is 6. The van der Waals surface area contributed by atoms with Gasteiger partial charge < -0.3 is 29.6 Å². The highest BCUT2D eigenvalue weighted by molar-refractivity contribution is 8.76. The average Bonchev–Trinajstić information content (AvgIpc) is 2.94. The van der Waals surface area contributed by atoms with Crippen molar-refractivity contribution in [3.05, 3.63) is 58.7 Å². The van der Waals surface area contributed by atoms with Crippen LogP contribution in [0.2, 0.25) is 0 Å². The van der Waals surface area contributed by atoms with Gasteiger partial charge in [-0.05, 0) is 38.1 Å². The van der Waals surface area contributed by atoms with E-state index in [1.807, 2.05) is 0 Å². The first-order valence-electron chi connectivity index (χ1n) is 12.5. The van der Waals surface area contributed by atoms with E-state index in [0.717, 1.165) is 21.6 Å². The lowest BCUT2D eigenvalue weighted by atomic mass is 10.1. The lowest BCUT2D eigenvalue weighted by Gasteiger charge is -2.19. The van der Waals surface area contributed by atoms with E-state index in [9.17, 15) is 28.8 Å². The van der Waals surface area contributed by atoms with E-state index >= 15 is 0 Å². The van der Waals surface area contributed by atoms with E-state index < -0.39 is 47.8 Å². The van der Waals surface area contributed by atoms with Crippen LogP contribution in [0.3, 0.4) is 0 Å². The lowest BCUT2D eigenvalue weighted by Crippen LogP contribution is -2.44. The summed E-state index contributed by atoms with van der Waals surface area (Å²) in [5.41, 5.74) is 1.26. The highest BCUT2D eigenvalue weighted by atomic mass is 33.1. The molecule has 0 fully saturated rings. The van der Waals surface area contributed by atoms with Crippen LogP contribution in [0.15, 0.2) is 36.4 Å². The Morgan fingerprint density at radius 1 is 0.667 bits per heavy atom. The van der Waals surface area contributed by atoms with Crippen LogP contribution >= 0.6 is 21.6 Å². The monoisotopic (exact) mass is 620 g/mol. The summed E-state index contributed by atoms with van der Waals surface area (Å²) in [5, 5.41) is 5.24. The van der Waals surface area contributed by atoms with Crippen molar-refractivity contribution in [1.29, 1.82) is 0 Å². The highest BCUT2D eigenvalue weighted by Gasteiger charge is 2.27. The molecule has 2 atom stereocenters. The van der Waals surface area contributed by atoms with Crippen LogP contribution in [0.4, 0.5) is 0 Å². The first kappa shape index (κ1) is 34.2. The number of methoxy groups -OCH3 is 2. The van der Waals surface area contributed by atoms with Gasteiger partial charge in [-0.1, -0.05) is 33.7 Å². The molecule has 14 heteroatoms. The predicted molar refractivity (Wildman–Crippen MR) is 156 cm³/mol. The number of hydrogen-bond acceptors (Lipinski definition) is 12. The quantitative estimate of drug-likeness (QED) is 0.146. The third kappa shape index (κ3) is 9.80. The molecule has 0 aromatic heterocycles. The second-order valence-corrected chi connectivity index (χ2v) is 11.3. The zero-order valence-electron chi connectivity index (χ0n) is 23.9. The summed E-state index contributed by atoms with van der Waals surface area (Å²) in [4.78, 5) is 73.4. The summed E-state index contributed by atoms with van der Waals surface area (Å²) >= 11 is 0. The van der Waals surface area contributed by atoms with Crippen LogP contribution in [-0.2, 0) is 28.7 Å². The molecule has 2 amide bonds. The summed E-state index contributed by atoms with van der Waals surface area (Å²) in [7, 11) is 4.70. The number of amides is 2. The third-order valence-corrected chi connectivity index (χ3v) is 8.12. The van der Waals surface area contributed by atoms with E-state index in [4.69, 9.17) is 18.9 Å². The molecule has 0 saturated heterocycles. The van der Waals surface area contributed by atoms with E-state index in [2.05, 4.69) is 10.6 Å². The maximum atomic E-state index is 13.0. The first-order chi connectivity index (χ1) is 19.9. The Kier molecular flexibility index (Phi) is 13.4. The van der Waals surface area contributed by atoms with Gasteiger partial charge in [0.25, 0.3) is 11.8 Å². The average molecular weight is 621 g/mol. The lowest BCUT2D eigenvalue weighted by molar-refractivity contribution is -0.143. The largest absolute Gasteiger partial charge is 0.467 e. The molecular formula is C28H32N2O10S2. The zero-order chi connectivity index (χ0) is 31.4. The molecule has 2 N–H and O–H groups in total. The molecule has 0 bridgehead atoms. The maximum absolute atomic E-state index is 13.0. The Morgan fingerprint density at radius 3 is 1.33 bits per heavy atom. The van der Waals surface area contributed by atoms with Crippen molar-refractivity contribution in [2.45, 2.75) is 39.8 Å². The van der Waals surface area contributed by atoms with Gasteiger partial charge in [0.05, 0.1) is 14.2 Å². The van der Waals surface area contributed by atoms with Crippen LogP contribution in [0.1, 0.15) is 45.7 Å². The SMILES string of the molecule is COC(=O)[C@H](CSSC[C@H](NC(=O)c1cccc(OC(C)=O)c1C)C(=O)OC)NC(=O)c1cccc(OC(C)=O)c1C. The van der Waals surface area contributed by atoms with E-state index in [-0.39, 0.29) is 34.1 Å². The molecule has 0 spiro atoms. The van der Waals surface area contributed by atoms with Crippen LogP contribution in [0.25, 0.3) is 0 Å². The van der Waals surface area contributed by atoms with Gasteiger partial charge in [-0.2, -0.15) is 0 Å². The minimum Gasteiger partial charge on any atom is -0.467 e. The number of carbonyl (C=O) groups is 6. The molecular weight excluding hydrogens is 588 g/mol. The fourth-order valence-corrected chi connectivity index (χ4v) is 5.88. The van der Waals surface area contributed by atoms with Crippen molar-refractivity contribution in [2.24, 2.45) is 0 Å². The number of rotatable bonds is 13.